The topological polar surface area (TPSA) is 40.5 Å². The Morgan fingerprint density at radius 3 is 2.00 bits per heavy atom. The van der Waals surface area contributed by atoms with Gasteiger partial charge < -0.3 is 10.0 Å². The molecule has 2 aromatic carbocycles. The molecule has 0 heterocycles. The maximum Gasteiger partial charge on any atom is 0.491 e. The fourth-order valence-electron chi connectivity index (χ4n) is 1.84. The molecule has 0 fully saturated rings. The third-order valence-electron chi connectivity index (χ3n) is 2.79. The second kappa shape index (κ2) is 5.26. The highest BCUT2D eigenvalue weighted by Crippen LogP contribution is 2.33. The van der Waals surface area contributed by atoms with Crippen LogP contribution >= 0.6 is 0 Å². The lowest BCUT2D eigenvalue weighted by atomic mass is 9.77. The van der Waals surface area contributed by atoms with Crippen molar-refractivity contribution < 1.29 is 27.6 Å². The van der Waals surface area contributed by atoms with Gasteiger partial charge in [0.05, 0.1) is 5.56 Å². The standard InChI is InChI=1S/C13H9BF4O2/c15-12-10(13(16,17)18)6-9(7-11(12)14(19)20)8-4-2-1-3-5-8/h1-7,19-20H. The summed E-state index contributed by atoms with van der Waals surface area (Å²) < 4.78 is 52.0. The Morgan fingerprint density at radius 1 is 0.900 bits per heavy atom. The summed E-state index contributed by atoms with van der Waals surface area (Å²) in [7, 11) is -2.32. The molecule has 0 amide bonds. The van der Waals surface area contributed by atoms with E-state index in [-0.39, 0.29) is 5.56 Å². The van der Waals surface area contributed by atoms with Crippen LogP contribution in [-0.2, 0) is 6.18 Å². The normalized spacial score (nSPS) is 11.5. The second-order valence-corrected chi connectivity index (χ2v) is 4.16. The SMILES string of the molecule is OB(O)c1cc(-c2ccccc2)cc(C(F)(F)F)c1F. The summed E-state index contributed by atoms with van der Waals surface area (Å²) in [5, 5.41) is 18.0. The number of benzene rings is 2. The third kappa shape index (κ3) is 2.83. The molecule has 2 aromatic rings. The molecule has 0 saturated heterocycles. The number of hydrogen-bond donors (Lipinski definition) is 2. The summed E-state index contributed by atoms with van der Waals surface area (Å²) in [5.74, 6) is -1.67. The van der Waals surface area contributed by atoms with Crippen molar-refractivity contribution in [2.24, 2.45) is 0 Å². The molecule has 0 unspecified atom stereocenters. The van der Waals surface area contributed by atoms with E-state index in [0.29, 0.717) is 11.6 Å². The minimum atomic E-state index is -4.92. The third-order valence-corrected chi connectivity index (χ3v) is 2.79. The zero-order valence-electron chi connectivity index (χ0n) is 10.0. The molecule has 2 rings (SSSR count). The van der Waals surface area contributed by atoms with Crippen LogP contribution in [0.5, 0.6) is 0 Å². The first-order valence-electron chi connectivity index (χ1n) is 5.63. The van der Waals surface area contributed by atoms with E-state index >= 15 is 0 Å². The van der Waals surface area contributed by atoms with Crippen molar-refractivity contribution in [2.45, 2.75) is 6.18 Å². The summed E-state index contributed by atoms with van der Waals surface area (Å²) in [6.45, 7) is 0. The molecule has 0 spiro atoms. The van der Waals surface area contributed by atoms with E-state index in [1.165, 1.54) is 0 Å². The molecule has 0 aromatic heterocycles. The lowest BCUT2D eigenvalue weighted by molar-refractivity contribution is -0.139. The van der Waals surface area contributed by atoms with E-state index in [4.69, 9.17) is 10.0 Å². The molecule has 7 heteroatoms. The van der Waals surface area contributed by atoms with Crippen LogP contribution in [0.25, 0.3) is 11.1 Å². The summed E-state index contributed by atoms with van der Waals surface area (Å²) in [4.78, 5) is 0. The number of alkyl halides is 3. The average Bonchev–Trinajstić information content (AvgIpc) is 2.38. The van der Waals surface area contributed by atoms with Crippen LogP contribution in [0, 0.1) is 5.82 Å². The average molecular weight is 284 g/mol. The van der Waals surface area contributed by atoms with Crippen LogP contribution in [0.2, 0.25) is 0 Å². The van der Waals surface area contributed by atoms with Crippen LogP contribution in [0.15, 0.2) is 42.5 Å². The van der Waals surface area contributed by atoms with Gasteiger partial charge in [0.2, 0.25) is 0 Å². The number of halogens is 4. The zero-order chi connectivity index (χ0) is 14.9. The fraction of sp³-hybridized carbons (Fsp3) is 0.0769. The molecule has 0 saturated carbocycles. The largest absolute Gasteiger partial charge is 0.491 e. The highest BCUT2D eigenvalue weighted by atomic mass is 19.4. The Labute approximate surface area is 112 Å². The Kier molecular flexibility index (Phi) is 3.83. The van der Waals surface area contributed by atoms with Gasteiger partial charge >= 0.3 is 13.3 Å². The van der Waals surface area contributed by atoms with E-state index in [9.17, 15) is 17.6 Å². The lowest BCUT2D eigenvalue weighted by Crippen LogP contribution is -2.34. The molecule has 0 bridgehead atoms. The summed E-state index contributed by atoms with van der Waals surface area (Å²) >= 11 is 0. The van der Waals surface area contributed by atoms with E-state index in [1.54, 1.807) is 30.3 Å². The van der Waals surface area contributed by atoms with Crippen LogP contribution < -0.4 is 5.46 Å². The van der Waals surface area contributed by atoms with Gasteiger partial charge in [-0.15, -0.1) is 0 Å². The molecule has 0 aliphatic carbocycles. The quantitative estimate of drug-likeness (QED) is 0.655. The van der Waals surface area contributed by atoms with Gasteiger partial charge in [-0.05, 0) is 17.2 Å². The molecule has 0 aliphatic heterocycles. The summed E-state index contributed by atoms with van der Waals surface area (Å²) in [6.07, 6.45) is -4.92. The van der Waals surface area contributed by atoms with Crippen molar-refractivity contribution in [1.82, 2.24) is 0 Å². The fourth-order valence-corrected chi connectivity index (χ4v) is 1.84. The Hall–Kier alpha value is -1.86. The maximum absolute atomic E-state index is 13.7. The number of hydrogen-bond acceptors (Lipinski definition) is 2. The predicted molar refractivity (Wildman–Crippen MR) is 66.7 cm³/mol. The van der Waals surface area contributed by atoms with Gasteiger partial charge in [-0.25, -0.2) is 4.39 Å². The van der Waals surface area contributed by atoms with Gasteiger partial charge in [0, 0.05) is 5.46 Å². The van der Waals surface area contributed by atoms with Crippen LogP contribution in [0.3, 0.4) is 0 Å². The first-order valence-corrected chi connectivity index (χ1v) is 5.63. The predicted octanol–water partition coefficient (Wildman–Crippen LogP) is 2.19. The highest BCUT2D eigenvalue weighted by Gasteiger charge is 2.37. The van der Waals surface area contributed by atoms with Crippen LogP contribution in [-0.4, -0.2) is 17.2 Å². The molecule has 0 atom stereocenters. The Balaban J connectivity index is 2.69. The minimum Gasteiger partial charge on any atom is -0.423 e. The zero-order valence-corrected chi connectivity index (χ0v) is 10.0. The monoisotopic (exact) mass is 284 g/mol. The first kappa shape index (κ1) is 14.6. The molecule has 0 aliphatic rings. The minimum absolute atomic E-state index is 0.0578. The van der Waals surface area contributed by atoms with Gasteiger partial charge in [-0.3, -0.25) is 0 Å². The Bertz CT molecular complexity index is 612. The maximum atomic E-state index is 13.7. The molecular weight excluding hydrogens is 275 g/mol. The van der Waals surface area contributed by atoms with Gasteiger partial charge in [-0.2, -0.15) is 13.2 Å². The van der Waals surface area contributed by atoms with Gasteiger partial charge in [0.15, 0.2) is 0 Å². The van der Waals surface area contributed by atoms with Gasteiger partial charge in [0.25, 0.3) is 0 Å². The van der Waals surface area contributed by atoms with E-state index in [1.807, 2.05) is 0 Å². The highest BCUT2D eigenvalue weighted by molar-refractivity contribution is 6.58. The van der Waals surface area contributed by atoms with E-state index < -0.39 is 30.1 Å². The van der Waals surface area contributed by atoms with Crippen LogP contribution in [0.4, 0.5) is 17.6 Å². The van der Waals surface area contributed by atoms with Crippen molar-refractivity contribution in [1.29, 1.82) is 0 Å². The second-order valence-electron chi connectivity index (χ2n) is 4.16. The Morgan fingerprint density at radius 2 is 1.50 bits per heavy atom. The van der Waals surface area contributed by atoms with E-state index in [0.717, 1.165) is 6.07 Å². The molecule has 2 N–H and O–H groups in total. The summed E-state index contributed by atoms with van der Waals surface area (Å²) in [5.41, 5.74) is -1.86. The lowest BCUT2D eigenvalue weighted by Gasteiger charge is -2.14. The molecule has 20 heavy (non-hydrogen) atoms. The van der Waals surface area contributed by atoms with Crippen molar-refractivity contribution in [3.05, 3.63) is 53.8 Å². The van der Waals surface area contributed by atoms with Gasteiger partial charge in [0.1, 0.15) is 5.82 Å². The first-order chi connectivity index (χ1) is 9.30. The van der Waals surface area contributed by atoms with Crippen molar-refractivity contribution >= 4 is 12.6 Å². The van der Waals surface area contributed by atoms with E-state index in [2.05, 4.69) is 0 Å². The van der Waals surface area contributed by atoms with Crippen molar-refractivity contribution in [2.75, 3.05) is 0 Å². The molecular formula is C13H9BF4O2. The van der Waals surface area contributed by atoms with Gasteiger partial charge in [-0.1, -0.05) is 36.4 Å². The van der Waals surface area contributed by atoms with Crippen LogP contribution in [0.1, 0.15) is 5.56 Å². The number of rotatable bonds is 2. The van der Waals surface area contributed by atoms with Crippen molar-refractivity contribution in [3.8, 4) is 11.1 Å². The molecule has 104 valence electrons. The smallest absolute Gasteiger partial charge is 0.423 e. The van der Waals surface area contributed by atoms with Crippen molar-refractivity contribution in [3.63, 3.8) is 0 Å². The molecule has 2 nitrogen and oxygen atoms in total. The summed E-state index contributed by atoms with van der Waals surface area (Å²) in [6, 6.07) is 9.63. The molecule has 0 radical (unpaired) electrons.